The quantitative estimate of drug-likeness (QED) is 0.516. The maximum atomic E-state index is 6.48. The first-order valence-corrected chi connectivity index (χ1v) is 11.4. The molecule has 2 aliphatic carbocycles. The minimum Gasteiger partial charge on any atom is -0.371 e. The van der Waals surface area contributed by atoms with Gasteiger partial charge < -0.3 is 9.64 Å². The van der Waals surface area contributed by atoms with Gasteiger partial charge in [0.25, 0.3) is 0 Å². The van der Waals surface area contributed by atoms with Crippen LogP contribution in [-0.2, 0) is 11.3 Å². The highest BCUT2D eigenvalue weighted by atomic mass is 35.5. The second kappa shape index (κ2) is 8.03. The average Bonchev–Trinajstić information content (AvgIpc) is 3.20. The minimum atomic E-state index is 0.256. The molecule has 5 rings (SSSR count). The van der Waals surface area contributed by atoms with E-state index >= 15 is 0 Å². The van der Waals surface area contributed by atoms with Gasteiger partial charge in [-0.05, 0) is 50.8 Å². The van der Waals surface area contributed by atoms with Gasteiger partial charge >= 0.3 is 0 Å². The predicted molar refractivity (Wildman–Crippen MR) is 119 cm³/mol. The summed E-state index contributed by atoms with van der Waals surface area (Å²) >= 11 is 12.9. The van der Waals surface area contributed by atoms with Gasteiger partial charge in [-0.3, -0.25) is 0 Å². The molecule has 3 aliphatic rings. The molecular weight excluding hydrogens is 419 g/mol. The van der Waals surface area contributed by atoms with Crippen molar-refractivity contribution in [3.05, 3.63) is 58.4 Å². The van der Waals surface area contributed by atoms with Crippen LogP contribution in [0.3, 0.4) is 0 Å². The number of halogens is 2. The molecule has 3 atom stereocenters. The van der Waals surface area contributed by atoms with Gasteiger partial charge in [0, 0.05) is 29.8 Å². The number of ether oxygens (including phenoxy) is 1. The Kier molecular flexibility index (Phi) is 5.38. The van der Waals surface area contributed by atoms with Crippen molar-refractivity contribution in [1.82, 2.24) is 19.9 Å². The molecule has 2 aromatic rings. The van der Waals surface area contributed by atoms with Crippen molar-refractivity contribution in [3.63, 3.8) is 0 Å². The number of likely N-dealkylation sites (tertiary alicyclic amines) is 1. The number of piperidine rings is 1. The molecule has 1 aliphatic heterocycles. The van der Waals surface area contributed by atoms with Gasteiger partial charge in [-0.1, -0.05) is 47.1 Å². The van der Waals surface area contributed by atoms with Gasteiger partial charge in [-0.25, -0.2) is 4.68 Å². The summed E-state index contributed by atoms with van der Waals surface area (Å²) in [6, 6.07) is 6.47. The first-order valence-electron chi connectivity index (χ1n) is 10.7. The lowest BCUT2D eigenvalue weighted by Gasteiger charge is -2.33. The minimum absolute atomic E-state index is 0.256. The van der Waals surface area contributed by atoms with Gasteiger partial charge in [0.05, 0.1) is 34.5 Å². The molecule has 7 heteroatoms. The molecule has 0 radical (unpaired) electrons. The Bertz CT molecular complexity index is 977. The molecule has 5 nitrogen and oxygen atoms in total. The molecule has 158 valence electrons. The van der Waals surface area contributed by atoms with E-state index in [1.165, 1.54) is 12.1 Å². The summed E-state index contributed by atoms with van der Waals surface area (Å²) in [6.45, 7) is 7.54. The topological polar surface area (TPSA) is 43.2 Å². The largest absolute Gasteiger partial charge is 0.371 e. The number of rotatable bonds is 7. The highest BCUT2D eigenvalue weighted by Crippen LogP contribution is 2.44. The van der Waals surface area contributed by atoms with E-state index in [2.05, 4.69) is 34.8 Å². The van der Waals surface area contributed by atoms with Crippen LogP contribution >= 0.6 is 23.2 Å². The smallest absolute Gasteiger partial charge is 0.121 e. The Morgan fingerprint density at radius 2 is 2.00 bits per heavy atom. The molecule has 2 heterocycles. The first kappa shape index (κ1) is 20.1. The number of fused-ring (bicyclic) bond motifs is 2. The Balaban J connectivity index is 1.35. The lowest BCUT2D eigenvalue weighted by atomic mass is 10.1. The number of hydrogen-bond acceptors (Lipinski definition) is 4. The van der Waals surface area contributed by atoms with Crippen molar-refractivity contribution >= 4 is 23.2 Å². The first-order chi connectivity index (χ1) is 14.6. The van der Waals surface area contributed by atoms with Crippen LogP contribution < -0.4 is 0 Å². The van der Waals surface area contributed by atoms with Crippen LogP contribution in [0.4, 0.5) is 0 Å². The maximum Gasteiger partial charge on any atom is 0.121 e. The second-order valence-corrected chi connectivity index (χ2v) is 9.28. The van der Waals surface area contributed by atoms with Gasteiger partial charge in [0.2, 0.25) is 0 Å². The standard InChI is InChI=1S/C23H26Cl2N4O/c1-3-15(4-2)28-12-14-10-17(28)11-21(14)30-13-20-23(26-27-29(20)16-8-9-16)22-18(24)6-5-7-19(22)25/h3-7,14,16-17,21H,1,8-13H2,2H3/b15-4+. The third-order valence-electron chi connectivity index (χ3n) is 6.63. The summed E-state index contributed by atoms with van der Waals surface area (Å²) < 4.78 is 8.50. The highest BCUT2D eigenvalue weighted by molar-refractivity contribution is 6.39. The summed E-state index contributed by atoms with van der Waals surface area (Å²) in [5, 5.41) is 10.1. The monoisotopic (exact) mass is 444 g/mol. The van der Waals surface area contributed by atoms with Crippen molar-refractivity contribution in [2.24, 2.45) is 5.92 Å². The molecule has 0 spiro atoms. The molecule has 3 fully saturated rings. The normalized spacial score (nSPS) is 25.9. The van der Waals surface area contributed by atoms with Gasteiger partial charge in [0.15, 0.2) is 0 Å². The molecule has 30 heavy (non-hydrogen) atoms. The van der Waals surface area contributed by atoms with Gasteiger partial charge in [-0.2, -0.15) is 0 Å². The zero-order valence-corrected chi connectivity index (χ0v) is 18.6. The Labute approximate surface area is 187 Å². The molecule has 3 unspecified atom stereocenters. The average molecular weight is 445 g/mol. The number of hydrogen-bond donors (Lipinski definition) is 0. The summed E-state index contributed by atoms with van der Waals surface area (Å²) in [7, 11) is 0. The zero-order valence-electron chi connectivity index (χ0n) is 17.1. The molecule has 1 aromatic heterocycles. The fourth-order valence-electron chi connectivity index (χ4n) is 4.99. The maximum absolute atomic E-state index is 6.48. The molecule has 0 N–H and O–H groups in total. The SMILES string of the molecule is C=C/C(=C\C)N1CC2CC1CC2OCc1c(-c2c(Cl)cccc2Cl)nnn1C1CC1. The van der Waals surface area contributed by atoms with Crippen molar-refractivity contribution < 1.29 is 4.74 Å². The van der Waals surface area contributed by atoms with Crippen molar-refractivity contribution in [2.45, 2.75) is 57.4 Å². The van der Waals surface area contributed by atoms with E-state index in [9.17, 15) is 0 Å². The summed E-state index contributed by atoms with van der Waals surface area (Å²) in [4.78, 5) is 2.47. The number of nitrogens with zero attached hydrogens (tertiary/aromatic N) is 4. The number of allylic oxidation sites excluding steroid dienone is 2. The van der Waals surface area contributed by atoms with Crippen LogP contribution in [0.5, 0.6) is 0 Å². The van der Waals surface area contributed by atoms with Crippen LogP contribution in [0.15, 0.2) is 42.6 Å². The third kappa shape index (κ3) is 3.47. The van der Waals surface area contributed by atoms with Crippen LogP contribution in [0.1, 0.15) is 44.3 Å². The highest BCUT2D eigenvalue weighted by Gasteiger charge is 2.45. The molecule has 2 saturated carbocycles. The Morgan fingerprint density at radius 1 is 1.23 bits per heavy atom. The Morgan fingerprint density at radius 3 is 2.60 bits per heavy atom. The molecule has 2 bridgehead atoms. The van der Waals surface area contributed by atoms with E-state index in [4.69, 9.17) is 27.9 Å². The van der Waals surface area contributed by atoms with Crippen molar-refractivity contribution in [2.75, 3.05) is 6.54 Å². The summed E-state index contributed by atoms with van der Waals surface area (Å²) in [5.41, 5.74) is 3.69. The van der Waals surface area contributed by atoms with Crippen molar-refractivity contribution in [1.29, 1.82) is 0 Å². The second-order valence-electron chi connectivity index (χ2n) is 8.46. The fraction of sp³-hybridized carbons (Fsp3) is 0.478. The van der Waals surface area contributed by atoms with E-state index in [0.717, 1.165) is 42.8 Å². The Hall–Kier alpha value is -1.82. The lowest BCUT2D eigenvalue weighted by molar-refractivity contribution is -0.00735. The van der Waals surface area contributed by atoms with Crippen LogP contribution in [0.25, 0.3) is 11.3 Å². The third-order valence-corrected chi connectivity index (χ3v) is 7.26. The van der Waals surface area contributed by atoms with Gasteiger partial charge in [-0.15, -0.1) is 5.10 Å². The molecule has 1 aromatic carbocycles. The predicted octanol–water partition coefficient (Wildman–Crippen LogP) is 5.66. The van der Waals surface area contributed by atoms with Gasteiger partial charge in [0.1, 0.15) is 5.69 Å². The molecule has 0 amide bonds. The number of benzene rings is 1. The number of aromatic nitrogens is 3. The van der Waals surface area contributed by atoms with E-state index < -0.39 is 0 Å². The molecular formula is C23H26Cl2N4O. The van der Waals surface area contributed by atoms with E-state index in [1.54, 1.807) is 0 Å². The van der Waals surface area contributed by atoms with Crippen LogP contribution in [0.2, 0.25) is 10.0 Å². The fourth-order valence-corrected chi connectivity index (χ4v) is 5.57. The molecule has 1 saturated heterocycles. The zero-order chi connectivity index (χ0) is 20.8. The van der Waals surface area contributed by atoms with Crippen LogP contribution in [-0.4, -0.2) is 38.6 Å². The summed E-state index contributed by atoms with van der Waals surface area (Å²) in [5.74, 6) is 0.544. The lowest BCUT2D eigenvalue weighted by Crippen LogP contribution is -2.37. The van der Waals surface area contributed by atoms with Crippen LogP contribution in [0, 0.1) is 5.92 Å². The van der Waals surface area contributed by atoms with E-state index in [-0.39, 0.29) is 6.10 Å². The van der Waals surface area contributed by atoms with E-state index in [1.807, 2.05) is 29.0 Å². The van der Waals surface area contributed by atoms with Crippen molar-refractivity contribution in [3.8, 4) is 11.3 Å². The van der Waals surface area contributed by atoms with E-state index in [0.29, 0.717) is 34.7 Å². The summed E-state index contributed by atoms with van der Waals surface area (Å²) in [6.07, 6.45) is 8.83.